The Bertz CT molecular complexity index is 1460. The molecule has 6 heteroatoms. The molecule has 0 aliphatic carbocycles. The molecule has 0 spiro atoms. The lowest BCUT2D eigenvalue weighted by atomic mass is 9.97. The highest BCUT2D eigenvalue weighted by atomic mass is 32.1. The summed E-state index contributed by atoms with van der Waals surface area (Å²) in [6.07, 6.45) is 1.75. The fraction of sp³-hybridized carbons (Fsp3) is 0.0370. The zero-order valence-electron chi connectivity index (χ0n) is 17.8. The Hall–Kier alpha value is -4.16. The van der Waals surface area contributed by atoms with Gasteiger partial charge in [-0.3, -0.25) is 9.59 Å². The molecule has 5 aromatic rings. The summed E-state index contributed by atoms with van der Waals surface area (Å²) >= 11 is 1.50. The largest absolute Gasteiger partial charge is 0.322 e. The number of carbonyl (C=O) groups is 2. The van der Waals surface area contributed by atoms with Crippen molar-refractivity contribution in [1.82, 2.24) is 9.97 Å². The maximum Gasteiger partial charge on any atom is 0.256 e. The van der Waals surface area contributed by atoms with E-state index in [1.54, 1.807) is 42.6 Å². The highest BCUT2D eigenvalue weighted by molar-refractivity contribution is 7.21. The first-order valence-corrected chi connectivity index (χ1v) is 11.2. The molecule has 160 valence electrons. The molecule has 0 saturated carbocycles. The number of hydrogen-bond acceptors (Lipinski definition) is 5. The van der Waals surface area contributed by atoms with Crippen molar-refractivity contribution in [2.75, 3.05) is 5.32 Å². The Labute approximate surface area is 194 Å². The predicted molar refractivity (Wildman–Crippen MR) is 132 cm³/mol. The first-order chi connectivity index (χ1) is 16.1. The molecule has 0 fully saturated rings. The minimum Gasteiger partial charge on any atom is -0.322 e. The molecule has 2 heterocycles. The van der Waals surface area contributed by atoms with Gasteiger partial charge >= 0.3 is 0 Å². The number of aromatic nitrogens is 2. The molecular weight excluding hydrogens is 430 g/mol. The Morgan fingerprint density at radius 1 is 0.848 bits per heavy atom. The zero-order chi connectivity index (χ0) is 22.8. The lowest BCUT2D eigenvalue weighted by molar-refractivity contribution is 0.0996. The molecule has 0 radical (unpaired) electrons. The van der Waals surface area contributed by atoms with Crippen LogP contribution in [0.2, 0.25) is 0 Å². The van der Waals surface area contributed by atoms with Gasteiger partial charge in [-0.2, -0.15) is 0 Å². The minimum atomic E-state index is -0.339. The summed E-state index contributed by atoms with van der Waals surface area (Å²) in [5, 5.41) is 3.76. The number of anilines is 1. The second-order valence-electron chi connectivity index (χ2n) is 7.62. The monoisotopic (exact) mass is 449 g/mol. The number of thiazole rings is 1. The van der Waals surface area contributed by atoms with E-state index in [9.17, 15) is 9.59 Å². The summed E-state index contributed by atoms with van der Waals surface area (Å²) in [5.74, 6) is -0.523. The van der Waals surface area contributed by atoms with E-state index in [-0.39, 0.29) is 11.7 Å². The van der Waals surface area contributed by atoms with Crippen molar-refractivity contribution >= 4 is 39.1 Å². The normalized spacial score (nSPS) is 10.8. The second-order valence-corrected chi connectivity index (χ2v) is 8.60. The molecule has 0 atom stereocenters. The van der Waals surface area contributed by atoms with Crippen LogP contribution < -0.4 is 5.32 Å². The highest BCUT2D eigenvalue weighted by Crippen LogP contribution is 2.30. The van der Waals surface area contributed by atoms with Gasteiger partial charge in [-0.25, -0.2) is 9.97 Å². The maximum absolute atomic E-state index is 13.1. The van der Waals surface area contributed by atoms with Crippen LogP contribution in [0.25, 0.3) is 20.9 Å². The summed E-state index contributed by atoms with van der Waals surface area (Å²) in [6, 6.07) is 25.5. The van der Waals surface area contributed by atoms with Crippen molar-refractivity contribution in [2.45, 2.75) is 6.92 Å². The average Bonchev–Trinajstić information content (AvgIpc) is 3.29. The van der Waals surface area contributed by atoms with Crippen molar-refractivity contribution in [3.63, 3.8) is 0 Å². The number of fused-ring (bicyclic) bond motifs is 1. The Morgan fingerprint density at radius 3 is 2.42 bits per heavy atom. The zero-order valence-corrected chi connectivity index (χ0v) is 18.6. The van der Waals surface area contributed by atoms with Crippen LogP contribution in [0.1, 0.15) is 31.8 Å². The molecule has 3 aromatic carbocycles. The van der Waals surface area contributed by atoms with Gasteiger partial charge in [0, 0.05) is 28.6 Å². The third-order valence-electron chi connectivity index (χ3n) is 5.26. The summed E-state index contributed by atoms with van der Waals surface area (Å²) < 4.78 is 0. The van der Waals surface area contributed by atoms with E-state index in [0.717, 1.165) is 26.5 Å². The molecule has 5 rings (SSSR count). The van der Waals surface area contributed by atoms with Gasteiger partial charge in [0.05, 0.1) is 5.56 Å². The number of carbonyl (C=O) groups excluding carboxylic acids is 2. The van der Waals surface area contributed by atoms with Gasteiger partial charge in [0.15, 0.2) is 5.78 Å². The fourth-order valence-corrected chi connectivity index (χ4v) is 4.47. The fourth-order valence-electron chi connectivity index (χ4n) is 3.56. The minimum absolute atomic E-state index is 0.184. The molecule has 0 saturated heterocycles. The molecule has 1 N–H and O–H groups in total. The van der Waals surface area contributed by atoms with E-state index in [4.69, 9.17) is 0 Å². The summed E-state index contributed by atoms with van der Waals surface area (Å²) in [6.45, 7) is 1.97. The van der Waals surface area contributed by atoms with Crippen molar-refractivity contribution in [3.05, 3.63) is 113 Å². The summed E-state index contributed by atoms with van der Waals surface area (Å²) in [7, 11) is 0. The SMILES string of the molecule is Cc1ccc(C(=O)c2ccccc2C(=O)Nc2cccc(-c3nc4cccnc4s3)c2)cc1. The van der Waals surface area contributed by atoms with Crippen molar-refractivity contribution in [1.29, 1.82) is 0 Å². The van der Waals surface area contributed by atoms with Gasteiger partial charge in [0.25, 0.3) is 5.91 Å². The number of nitrogens with zero attached hydrogens (tertiary/aromatic N) is 2. The first kappa shape index (κ1) is 20.7. The lowest BCUT2D eigenvalue weighted by Gasteiger charge is -2.10. The number of pyridine rings is 1. The third-order valence-corrected chi connectivity index (χ3v) is 6.29. The van der Waals surface area contributed by atoms with Gasteiger partial charge in [-0.05, 0) is 37.3 Å². The van der Waals surface area contributed by atoms with E-state index in [1.807, 2.05) is 55.5 Å². The van der Waals surface area contributed by atoms with Crippen LogP contribution in [0, 0.1) is 6.92 Å². The number of benzene rings is 3. The molecular formula is C27H19N3O2S. The average molecular weight is 450 g/mol. The molecule has 0 aliphatic heterocycles. The number of nitrogens with one attached hydrogen (secondary N) is 1. The van der Waals surface area contributed by atoms with Crippen molar-refractivity contribution < 1.29 is 9.59 Å². The van der Waals surface area contributed by atoms with Gasteiger partial charge < -0.3 is 5.32 Å². The molecule has 33 heavy (non-hydrogen) atoms. The van der Waals surface area contributed by atoms with Crippen LogP contribution in [-0.2, 0) is 0 Å². The van der Waals surface area contributed by atoms with Crippen molar-refractivity contribution in [3.8, 4) is 10.6 Å². The van der Waals surface area contributed by atoms with Crippen LogP contribution in [0.3, 0.4) is 0 Å². The summed E-state index contributed by atoms with van der Waals surface area (Å²) in [5.41, 5.74) is 4.68. The van der Waals surface area contributed by atoms with E-state index in [1.165, 1.54) is 11.3 Å². The van der Waals surface area contributed by atoms with Crippen molar-refractivity contribution in [2.24, 2.45) is 0 Å². The van der Waals surface area contributed by atoms with Crippen LogP contribution in [-0.4, -0.2) is 21.7 Å². The van der Waals surface area contributed by atoms with E-state index in [0.29, 0.717) is 22.4 Å². The number of rotatable bonds is 5. The number of hydrogen-bond donors (Lipinski definition) is 1. The van der Waals surface area contributed by atoms with E-state index >= 15 is 0 Å². The molecule has 5 nitrogen and oxygen atoms in total. The Kier molecular flexibility index (Phi) is 5.50. The van der Waals surface area contributed by atoms with Crippen LogP contribution in [0.4, 0.5) is 5.69 Å². The van der Waals surface area contributed by atoms with Gasteiger partial charge in [-0.1, -0.05) is 71.5 Å². The first-order valence-electron chi connectivity index (χ1n) is 10.4. The summed E-state index contributed by atoms with van der Waals surface area (Å²) in [4.78, 5) is 36.0. The van der Waals surface area contributed by atoms with Gasteiger partial charge in [0.2, 0.25) is 0 Å². The molecule has 1 amide bonds. The predicted octanol–water partition coefficient (Wildman–Crippen LogP) is 6.15. The van der Waals surface area contributed by atoms with Gasteiger partial charge in [0.1, 0.15) is 15.4 Å². The van der Waals surface area contributed by atoms with Crippen LogP contribution >= 0.6 is 11.3 Å². The standard InChI is InChI=1S/C27H19N3O2S/c1-17-11-13-18(14-12-17)24(31)21-8-2-3-9-22(21)25(32)29-20-7-4-6-19(16-20)26-30-23-10-5-15-28-27(23)33-26/h2-16H,1H3,(H,29,32). The third kappa shape index (κ3) is 4.29. The maximum atomic E-state index is 13.1. The lowest BCUT2D eigenvalue weighted by Crippen LogP contribution is -2.17. The quantitative estimate of drug-likeness (QED) is 0.327. The van der Waals surface area contributed by atoms with E-state index in [2.05, 4.69) is 15.3 Å². The second kappa shape index (κ2) is 8.76. The number of ketones is 1. The topological polar surface area (TPSA) is 72.0 Å². The molecule has 0 bridgehead atoms. The smallest absolute Gasteiger partial charge is 0.256 e. The van der Waals surface area contributed by atoms with Gasteiger partial charge in [-0.15, -0.1) is 0 Å². The van der Waals surface area contributed by atoms with E-state index < -0.39 is 0 Å². The molecule has 2 aromatic heterocycles. The van der Waals surface area contributed by atoms with Crippen LogP contribution in [0.5, 0.6) is 0 Å². The number of amides is 1. The molecule has 0 aliphatic rings. The molecule has 0 unspecified atom stereocenters. The Morgan fingerprint density at radius 2 is 1.64 bits per heavy atom. The number of aryl methyl sites for hydroxylation is 1. The highest BCUT2D eigenvalue weighted by Gasteiger charge is 2.18. The van der Waals surface area contributed by atoms with Crippen LogP contribution in [0.15, 0.2) is 91.1 Å². The Balaban J connectivity index is 1.42.